The summed E-state index contributed by atoms with van der Waals surface area (Å²) in [4.78, 5) is 15.9. The summed E-state index contributed by atoms with van der Waals surface area (Å²) in [7, 11) is 0. The second-order valence-corrected chi connectivity index (χ2v) is 7.97. The third kappa shape index (κ3) is 3.79. The van der Waals surface area contributed by atoms with Crippen molar-refractivity contribution in [1.82, 2.24) is 24.6 Å². The van der Waals surface area contributed by atoms with E-state index in [-0.39, 0.29) is 11.7 Å². The van der Waals surface area contributed by atoms with Crippen LogP contribution >= 0.6 is 0 Å². The molecule has 1 aromatic carbocycles. The average Bonchev–Trinajstić information content (AvgIpc) is 3.20. The monoisotopic (exact) mass is 414 g/mol. The number of halogens is 1. The molecule has 31 heavy (non-hydrogen) atoms. The molecule has 1 aliphatic rings. The Morgan fingerprint density at radius 1 is 1.03 bits per heavy atom. The molecule has 1 aliphatic heterocycles. The molecule has 6 nitrogen and oxygen atoms in total. The van der Waals surface area contributed by atoms with Crippen molar-refractivity contribution >= 4 is 17.0 Å². The lowest BCUT2D eigenvalue weighted by Crippen LogP contribution is -2.30. The zero-order chi connectivity index (χ0) is 21.4. The zero-order valence-electron chi connectivity index (χ0n) is 17.5. The molecule has 3 aromatic heterocycles. The van der Waals surface area contributed by atoms with Crippen LogP contribution in [-0.4, -0.2) is 37.7 Å². The predicted octanol–water partition coefficient (Wildman–Crippen LogP) is 4.41. The Kier molecular flexibility index (Phi) is 4.94. The van der Waals surface area contributed by atoms with Crippen LogP contribution in [0, 0.1) is 12.7 Å². The highest BCUT2D eigenvalue weighted by Gasteiger charge is 2.19. The lowest BCUT2D eigenvalue weighted by Gasteiger charge is -2.26. The molecule has 4 aromatic rings. The fourth-order valence-corrected chi connectivity index (χ4v) is 4.03. The minimum Gasteiger partial charge on any atom is -0.337 e. The Morgan fingerprint density at radius 3 is 2.52 bits per heavy atom. The largest absolute Gasteiger partial charge is 0.337 e. The van der Waals surface area contributed by atoms with E-state index < -0.39 is 0 Å². The summed E-state index contributed by atoms with van der Waals surface area (Å²) in [5.41, 5.74) is 6.48. The molecule has 1 atom stereocenters. The van der Waals surface area contributed by atoms with E-state index >= 15 is 0 Å². The molecule has 0 spiro atoms. The minimum atomic E-state index is -0.227. The van der Waals surface area contributed by atoms with Gasteiger partial charge in [-0.25, -0.2) is 23.9 Å². The molecule has 0 fully saturated rings. The molecule has 4 heterocycles. The lowest BCUT2D eigenvalue weighted by molar-refractivity contribution is 0.626. The molecule has 1 unspecified atom stereocenters. The van der Waals surface area contributed by atoms with Crippen LogP contribution in [0.3, 0.4) is 0 Å². The van der Waals surface area contributed by atoms with Gasteiger partial charge >= 0.3 is 0 Å². The summed E-state index contributed by atoms with van der Waals surface area (Å²) in [5.74, 6) is 0.597. The average molecular weight is 414 g/mol. The Bertz CT molecular complexity index is 1240. The number of fused-ring (bicyclic) bond motifs is 1. The van der Waals surface area contributed by atoms with Gasteiger partial charge in [-0.05, 0) is 53.8 Å². The van der Waals surface area contributed by atoms with Crippen molar-refractivity contribution < 1.29 is 4.39 Å². The van der Waals surface area contributed by atoms with Gasteiger partial charge in [0.15, 0.2) is 0 Å². The van der Waals surface area contributed by atoms with E-state index in [9.17, 15) is 4.39 Å². The van der Waals surface area contributed by atoms with Crippen LogP contribution in [0.2, 0.25) is 0 Å². The SMILES string of the molecule is Cc1cc2c(C3=CCN(c4ncc(C(C)c5ccc(F)cc5)cn4)CC3)ncnn2c1. The van der Waals surface area contributed by atoms with Gasteiger partial charge in [0, 0.05) is 37.6 Å². The molecule has 0 N–H and O–H groups in total. The van der Waals surface area contributed by atoms with E-state index in [2.05, 4.69) is 50.9 Å². The first kappa shape index (κ1) is 19.4. The van der Waals surface area contributed by atoms with Gasteiger partial charge < -0.3 is 4.90 Å². The van der Waals surface area contributed by atoms with Gasteiger partial charge in [-0.1, -0.05) is 25.1 Å². The Balaban J connectivity index is 1.32. The van der Waals surface area contributed by atoms with Gasteiger partial charge in [0.1, 0.15) is 12.1 Å². The number of nitrogens with zero attached hydrogens (tertiary/aromatic N) is 6. The van der Waals surface area contributed by atoms with Crippen molar-refractivity contribution in [2.45, 2.75) is 26.2 Å². The third-order valence-electron chi connectivity index (χ3n) is 5.87. The standard InChI is InChI=1S/C24H23FN6/c1-16-11-22-23(28-15-29-31(22)14-16)19-7-9-30(10-8-19)24-26-12-20(13-27-24)17(2)18-3-5-21(25)6-4-18/h3-7,11-15,17H,8-10H2,1-2H3. The first-order chi connectivity index (χ1) is 15.1. The van der Waals surface area contributed by atoms with E-state index in [1.807, 2.05) is 35.2 Å². The van der Waals surface area contributed by atoms with Crippen molar-refractivity contribution in [3.63, 3.8) is 0 Å². The van der Waals surface area contributed by atoms with Crippen LogP contribution in [0.15, 0.2) is 61.3 Å². The predicted molar refractivity (Wildman–Crippen MR) is 118 cm³/mol. The summed E-state index contributed by atoms with van der Waals surface area (Å²) in [6.07, 6.45) is 10.4. The zero-order valence-corrected chi connectivity index (χ0v) is 17.5. The molecule has 7 heteroatoms. The summed E-state index contributed by atoms with van der Waals surface area (Å²) < 4.78 is 15.1. The van der Waals surface area contributed by atoms with E-state index in [1.165, 1.54) is 23.3 Å². The van der Waals surface area contributed by atoms with Crippen molar-refractivity contribution in [3.8, 4) is 0 Å². The molecule has 0 aliphatic carbocycles. The van der Waals surface area contributed by atoms with E-state index in [0.717, 1.165) is 47.8 Å². The fourth-order valence-electron chi connectivity index (χ4n) is 4.03. The first-order valence-corrected chi connectivity index (χ1v) is 10.4. The summed E-state index contributed by atoms with van der Waals surface area (Å²) >= 11 is 0. The van der Waals surface area contributed by atoms with Crippen LogP contribution in [0.1, 0.15) is 41.6 Å². The number of aromatic nitrogens is 5. The summed E-state index contributed by atoms with van der Waals surface area (Å²) in [5, 5.41) is 4.30. The fraction of sp³-hybridized carbons (Fsp3) is 0.250. The van der Waals surface area contributed by atoms with E-state index in [0.29, 0.717) is 0 Å². The molecule has 5 rings (SSSR count). The highest BCUT2D eigenvalue weighted by atomic mass is 19.1. The van der Waals surface area contributed by atoms with Crippen LogP contribution in [-0.2, 0) is 0 Å². The minimum absolute atomic E-state index is 0.105. The van der Waals surface area contributed by atoms with Gasteiger partial charge in [-0.15, -0.1) is 0 Å². The number of benzene rings is 1. The first-order valence-electron chi connectivity index (χ1n) is 10.4. The van der Waals surface area contributed by atoms with Gasteiger partial charge in [0.05, 0.1) is 11.2 Å². The Hall–Kier alpha value is -3.61. The molecular formula is C24H23FN6. The smallest absolute Gasteiger partial charge is 0.225 e. The van der Waals surface area contributed by atoms with Crippen molar-refractivity contribution in [2.75, 3.05) is 18.0 Å². The Labute approximate surface area is 180 Å². The molecule has 0 saturated heterocycles. The molecular weight excluding hydrogens is 391 g/mol. The summed E-state index contributed by atoms with van der Waals surface area (Å²) in [6.45, 7) is 5.70. The normalized spacial score (nSPS) is 15.2. The van der Waals surface area contributed by atoms with Crippen LogP contribution in [0.5, 0.6) is 0 Å². The maximum absolute atomic E-state index is 13.2. The van der Waals surface area contributed by atoms with E-state index in [1.54, 1.807) is 6.33 Å². The van der Waals surface area contributed by atoms with Crippen molar-refractivity contribution in [1.29, 1.82) is 0 Å². The maximum Gasteiger partial charge on any atom is 0.225 e. The van der Waals surface area contributed by atoms with E-state index in [4.69, 9.17) is 0 Å². The highest BCUT2D eigenvalue weighted by Crippen LogP contribution is 2.27. The lowest BCUT2D eigenvalue weighted by atomic mass is 9.95. The van der Waals surface area contributed by atoms with Crippen molar-refractivity contribution in [2.24, 2.45) is 0 Å². The second kappa shape index (κ2) is 7.91. The number of aryl methyl sites for hydroxylation is 1. The maximum atomic E-state index is 13.2. The van der Waals surface area contributed by atoms with Gasteiger partial charge in [-0.2, -0.15) is 5.10 Å². The van der Waals surface area contributed by atoms with Crippen molar-refractivity contribution in [3.05, 3.63) is 89.5 Å². The Morgan fingerprint density at radius 2 is 1.81 bits per heavy atom. The molecule has 156 valence electrons. The summed E-state index contributed by atoms with van der Waals surface area (Å²) in [6, 6.07) is 8.70. The number of hydrogen-bond acceptors (Lipinski definition) is 5. The quantitative estimate of drug-likeness (QED) is 0.495. The molecule has 0 bridgehead atoms. The highest BCUT2D eigenvalue weighted by molar-refractivity contribution is 5.77. The van der Waals surface area contributed by atoms with Gasteiger partial charge in [-0.3, -0.25) is 0 Å². The molecule has 0 amide bonds. The molecule has 0 saturated carbocycles. The number of hydrogen-bond donors (Lipinski definition) is 0. The molecule has 0 radical (unpaired) electrons. The van der Waals surface area contributed by atoms with Crippen LogP contribution < -0.4 is 4.90 Å². The third-order valence-corrected chi connectivity index (χ3v) is 5.87. The number of anilines is 1. The second-order valence-electron chi connectivity index (χ2n) is 7.97. The van der Waals surface area contributed by atoms with Crippen LogP contribution in [0.25, 0.3) is 11.1 Å². The topological polar surface area (TPSA) is 59.2 Å². The number of rotatable bonds is 4. The van der Waals surface area contributed by atoms with Gasteiger partial charge in [0.25, 0.3) is 0 Å². The van der Waals surface area contributed by atoms with Gasteiger partial charge in [0.2, 0.25) is 5.95 Å². The van der Waals surface area contributed by atoms with Crippen LogP contribution in [0.4, 0.5) is 10.3 Å².